The fourth-order valence-corrected chi connectivity index (χ4v) is 2.79. The molecule has 4 nitrogen and oxygen atoms in total. The van der Waals surface area contributed by atoms with Gasteiger partial charge in [-0.3, -0.25) is 4.98 Å². The molecular weight excluding hydrogens is 256 g/mol. The van der Waals surface area contributed by atoms with E-state index in [1.54, 1.807) is 11.3 Å². The summed E-state index contributed by atoms with van der Waals surface area (Å²) in [6, 6.07) is 0. The third kappa shape index (κ3) is 3.36. The molecule has 0 aliphatic rings. The molecule has 0 aliphatic heterocycles. The Bertz CT molecular complexity index is 513. The zero-order valence-electron chi connectivity index (χ0n) is 11.9. The van der Waals surface area contributed by atoms with Crippen LogP contribution in [0.25, 0.3) is 10.7 Å². The van der Waals surface area contributed by atoms with Gasteiger partial charge >= 0.3 is 0 Å². The molecule has 0 saturated carbocycles. The van der Waals surface area contributed by atoms with Crippen LogP contribution in [0.4, 0.5) is 0 Å². The molecular formula is C14H20N4S. The second kappa shape index (κ2) is 6.21. The smallest absolute Gasteiger partial charge is 0.171 e. The van der Waals surface area contributed by atoms with E-state index in [1.165, 1.54) is 5.56 Å². The Morgan fingerprint density at radius 2 is 1.95 bits per heavy atom. The predicted molar refractivity (Wildman–Crippen MR) is 79.4 cm³/mol. The Morgan fingerprint density at radius 3 is 2.47 bits per heavy atom. The van der Waals surface area contributed by atoms with Gasteiger partial charge in [-0.25, -0.2) is 9.97 Å². The van der Waals surface area contributed by atoms with Crippen LogP contribution in [0.2, 0.25) is 0 Å². The van der Waals surface area contributed by atoms with Crippen molar-refractivity contribution < 1.29 is 0 Å². The van der Waals surface area contributed by atoms with E-state index in [0.29, 0.717) is 5.92 Å². The van der Waals surface area contributed by atoms with Crippen LogP contribution in [-0.4, -0.2) is 28.5 Å². The van der Waals surface area contributed by atoms with E-state index in [0.717, 1.165) is 35.1 Å². The summed E-state index contributed by atoms with van der Waals surface area (Å²) in [6.45, 7) is 7.39. The summed E-state index contributed by atoms with van der Waals surface area (Å²) in [6.07, 6.45) is 2.84. The fourth-order valence-electron chi connectivity index (χ4n) is 2.24. The molecule has 0 aliphatic carbocycles. The van der Waals surface area contributed by atoms with Gasteiger partial charge in [0.05, 0.1) is 10.4 Å². The Hall–Kier alpha value is -1.33. The molecule has 2 aromatic rings. The lowest BCUT2D eigenvalue weighted by atomic mass is 9.99. The van der Waals surface area contributed by atoms with Crippen LogP contribution in [0.1, 0.15) is 23.9 Å². The minimum atomic E-state index is 0.584. The van der Waals surface area contributed by atoms with Crippen molar-refractivity contribution >= 4 is 11.3 Å². The summed E-state index contributed by atoms with van der Waals surface area (Å²) in [7, 11) is 1.99. The largest absolute Gasteiger partial charge is 0.319 e. The summed E-state index contributed by atoms with van der Waals surface area (Å²) in [5.41, 5.74) is 5.25. The molecule has 0 aromatic carbocycles. The van der Waals surface area contributed by atoms with Gasteiger partial charge in [0, 0.05) is 17.6 Å². The van der Waals surface area contributed by atoms with Crippen molar-refractivity contribution in [1.82, 2.24) is 20.3 Å². The number of aromatic nitrogens is 3. The van der Waals surface area contributed by atoms with E-state index in [1.807, 2.05) is 18.8 Å². The number of nitrogens with one attached hydrogen (secondary N) is 1. The van der Waals surface area contributed by atoms with Crippen molar-refractivity contribution in [3.05, 3.63) is 28.7 Å². The van der Waals surface area contributed by atoms with E-state index in [-0.39, 0.29) is 0 Å². The number of hydrogen-bond acceptors (Lipinski definition) is 5. The van der Waals surface area contributed by atoms with Crippen molar-refractivity contribution in [2.24, 2.45) is 5.92 Å². The van der Waals surface area contributed by atoms with Crippen molar-refractivity contribution in [2.45, 2.75) is 27.2 Å². The highest BCUT2D eigenvalue weighted by Gasteiger charge is 2.13. The van der Waals surface area contributed by atoms with Crippen molar-refractivity contribution in [3.8, 4) is 10.7 Å². The lowest BCUT2D eigenvalue weighted by molar-refractivity contribution is 0.537. The second-order valence-corrected chi connectivity index (χ2v) is 5.82. The first kappa shape index (κ1) is 14.1. The maximum Gasteiger partial charge on any atom is 0.171 e. The quantitative estimate of drug-likeness (QED) is 0.912. The lowest BCUT2D eigenvalue weighted by Gasteiger charge is -2.15. The molecule has 5 heteroatoms. The van der Waals surface area contributed by atoms with Gasteiger partial charge in [-0.1, -0.05) is 6.92 Å². The monoisotopic (exact) mass is 276 g/mol. The first-order valence-electron chi connectivity index (χ1n) is 6.49. The van der Waals surface area contributed by atoms with Crippen LogP contribution in [0.5, 0.6) is 0 Å². The maximum atomic E-state index is 4.63. The summed E-state index contributed by atoms with van der Waals surface area (Å²) in [5.74, 6) is 1.38. The number of aryl methyl sites for hydroxylation is 2. The van der Waals surface area contributed by atoms with E-state index in [2.05, 4.69) is 41.0 Å². The molecule has 0 fully saturated rings. The SMILES string of the molecule is CNCC(C)Cc1c(C)nc(-c2cncs2)nc1C. The Balaban J connectivity index is 2.27. The normalized spacial score (nSPS) is 12.6. The molecule has 0 radical (unpaired) electrons. The maximum absolute atomic E-state index is 4.63. The number of nitrogens with zero attached hydrogens (tertiary/aromatic N) is 3. The Morgan fingerprint density at radius 1 is 1.26 bits per heavy atom. The van der Waals surface area contributed by atoms with Crippen molar-refractivity contribution in [2.75, 3.05) is 13.6 Å². The molecule has 0 bridgehead atoms. The summed E-state index contributed by atoms with van der Waals surface area (Å²) < 4.78 is 0. The third-order valence-electron chi connectivity index (χ3n) is 3.18. The number of rotatable bonds is 5. The van der Waals surface area contributed by atoms with Gasteiger partial charge in [0.1, 0.15) is 0 Å². The third-order valence-corrected chi connectivity index (χ3v) is 3.95. The van der Waals surface area contributed by atoms with E-state index in [4.69, 9.17) is 0 Å². The van der Waals surface area contributed by atoms with Gasteiger partial charge in [-0.15, -0.1) is 11.3 Å². The van der Waals surface area contributed by atoms with Crippen LogP contribution in [0.3, 0.4) is 0 Å². The van der Waals surface area contributed by atoms with E-state index >= 15 is 0 Å². The van der Waals surface area contributed by atoms with Crippen LogP contribution in [0, 0.1) is 19.8 Å². The molecule has 0 saturated heterocycles. The van der Waals surface area contributed by atoms with Gasteiger partial charge < -0.3 is 5.32 Å². The molecule has 2 heterocycles. The number of hydrogen-bond donors (Lipinski definition) is 1. The van der Waals surface area contributed by atoms with E-state index < -0.39 is 0 Å². The van der Waals surface area contributed by atoms with Gasteiger partial charge in [-0.05, 0) is 45.3 Å². The Labute approximate surface area is 118 Å². The van der Waals surface area contributed by atoms with Gasteiger partial charge in [-0.2, -0.15) is 0 Å². The molecule has 0 amide bonds. The molecule has 0 spiro atoms. The average molecular weight is 276 g/mol. The first-order valence-corrected chi connectivity index (χ1v) is 7.37. The molecule has 102 valence electrons. The molecule has 1 N–H and O–H groups in total. The van der Waals surface area contributed by atoms with E-state index in [9.17, 15) is 0 Å². The zero-order valence-corrected chi connectivity index (χ0v) is 12.7. The molecule has 1 atom stereocenters. The zero-order chi connectivity index (χ0) is 13.8. The van der Waals surface area contributed by atoms with Crippen LogP contribution < -0.4 is 5.32 Å². The molecule has 2 rings (SSSR count). The van der Waals surface area contributed by atoms with Gasteiger partial charge in [0.15, 0.2) is 5.82 Å². The molecule has 2 aromatic heterocycles. The highest BCUT2D eigenvalue weighted by atomic mass is 32.1. The fraction of sp³-hybridized carbons (Fsp3) is 0.500. The number of thiazole rings is 1. The van der Waals surface area contributed by atoms with Crippen LogP contribution in [0.15, 0.2) is 11.7 Å². The molecule has 1 unspecified atom stereocenters. The molecule has 19 heavy (non-hydrogen) atoms. The summed E-state index contributed by atoms with van der Waals surface area (Å²) in [5, 5.41) is 3.21. The second-order valence-electron chi connectivity index (χ2n) is 4.93. The minimum Gasteiger partial charge on any atom is -0.319 e. The standard InChI is InChI=1S/C14H20N4S/c1-9(6-15-4)5-12-10(2)17-14(18-11(12)3)13-7-16-8-19-13/h7-9,15H,5-6H2,1-4H3. The van der Waals surface area contributed by atoms with Crippen molar-refractivity contribution in [1.29, 1.82) is 0 Å². The highest BCUT2D eigenvalue weighted by Crippen LogP contribution is 2.23. The summed E-state index contributed by atoms with van der Waals surface area (Å²) >= 11 is 1.58. The lowest BCUT2D eigenvalue weighted by Crippen LogP contribution is -2.19. The topological polar surface area (TPSA) is 50.7 Å². The first-order chi connectivity index (χ1) is 9.11. The van der Waals surface area contributed by atoms with Gasteiger partial charge in [0.2, 0.25) is 0 Å². The van der Waals surface area contributed by atoms with Crippen molar-refractivity contribution in [3.63, 3.8) is 0 Å². The average Bonchev–Trinajstić information content (AvgIpc) is 2.87. The van der Waals surface area contributed by atoms with Crippen LogP contribution >= 0.6 is 11.3 Å². The predicted octanol–water partition coefficient (Wildman–Crippen LogP) is 2.61. The van der Waals surface area contributed by atoms with Crippen LogP contribution in [-0.2, 0) is 6.42 Å². The highest BCUT2D eigenvalue weighted by molar-refractivity contribution is 7.13. The van der Waals surface area contributed by atoms with Gasteiger partial charge in [0.25, 0.3) is 0 Å². The summed E-state index contributed by atoms with van der Waals surface area (Å²) in [4.78, 5) is 14.4. The minimum absolute atomic E-state index is 0.584. The Kier molecular flexibility index (Phi) is 4.61.